The van der Waals surface area contributed by atoms with E-state index in [0.29, 0.717) is 30.4 Å². The molecule has 1 unspecified atom stereocenters. The van der Waals surface area contributed by atoms with Gasteiger partial charge in [-0.05, 0) is 49.7 Å². The van der Waals surface area contributed by atoms with Gasteiger partial charge in [-0.15, -0.1) is 0 Å². The molecule has 0 aromatic heterocycles. The molecule has 8 nitrogen and oxygen atoms in total. The predicted molar refractivity (Wildman–Crippen MR) is 110 cm³/mol. The van der Waals surface area contributed by atoms with Crippen LogP contribution in [0.4, 0.5) is 0 Å². The van der Waals surface area contributed by atoms with Gasteiger partial charge in [0.25, 0.3) is 0 Å². The highest BCUT2D eigenvalue weighted by Gasteiger charge is 2.38. The predicted octanol–water partition coefficient (Wildman–Crippen LogP) is 1.11. The molecular formula is C21H29BN2O6. The van der Waals surface area contributed by atoms with Crippen LogP contribution < -0.4 is 9.97 Å². The Morgan fingerprint density at radius 3 is 2.60 bits per heavy atom. The van der Waals surface area contributed by atoms with Gasteiger partial charge >= 0.3 is 13.1 Å². The number of fused-ring (bicyclic) bond motifs is 1. The van der Waals surface area contributed by atoms with Crippen LogP contribution in [0.1, 0.15) is 48.0 Å². The SMILES string of the molecule is O=C(CC1CCC(N2CCOCC2)CC1)NC1Cc2cccc(C(=O)O)c2OB1O. The van der Waals surface area contributed by atoms with Gasteiger partial charge in [-0.2, -0.15) is 0 Å². The van der Waals surface area contributed by atoms with Gasteiger partial charge in [0.05, 0.1) is 24.7 Å². The Morgan fingerprint density at radius 2 is 1.90 bits per heavy atom. The molecule has 2 fully saturated rings. The third-order valence-electron chi connectivity index (χ3n) is 6.55. The Hall–Kier alpha value is -2.10. The number of carboxylic acids is 1. The fourth-order valence-electron chi connectivity index (χ4n) is 4.90. The molecular weight excluding hydrogens is 387 g/mol. The number of carbonyl (C=O) groups excluding carboxylic acids is 1. The molecule has 0 radical (unpaired) electrons. The average molecular weight is 416 g/mol. The van der Waals surface area contributed by atoms with E-state index in [4.69, 9.17) is 9.39 Å². The maximum Gasteiger partial charge on any atom is 0.547 e. The smallest absolute Gasteiger partial charge is 0.534 e. The maximum atomic E-state index is 12.6. The molecule has 1 aromatic rings. The van der Waals surface area contributed by atoms with Gasteiger partial charge in [-0.1, -0.05) is 12.1 Å². The molecule has 3 aliphatic rings. The van der Waals surface area contributed by atoms with E-state index in [9.17, 15) is 19.7 Å². The molecule has 1 saturated carbocycles. The number of ether oxygens (including phenoxy) is 1. The second-order valence-electron chi connectivity index (χ2n) is 8.51. The summed E-state index contributed by atoms with van der Waals surface area (Å²) in [6, 6.07) is 5.45. The van der Waals surface area contributed by atoms with Gasteiger partial charge < -0.3 is 24.8 Å². The lowest BCUT2D eigenvalue weighted by molar-refractivity contribution is -0.122. The molecule has 1 aromatic carbocycles. The van der Waals surface area contributed by atoms with E-state index in [-0.39, 0.29) is 17.2 Å². The standard InChI is InChI=1S/C21H29BN2O6/c25-19(12-14-4-6-16(7-5-14)24-8-10-29-11-9-24)23-18-13-15-2-1-3-17(21(26)27)20(15)30-22(18)28/h1-3,14,16,18,28H,4-13H2,(H,23,25)(H,26,27). The summed E-state index contributed by atoms with van der Waals surface area (Å²) in [6.07, 6.45) is 5.07. The van der Waals surface area contributed by atoms with Gasteiger partial charge in [-0.3, -0.25) is 9.69 Å². The van der Waals surface area contributed by atoms with Crippen molar-refractivity contribution in [3.8, 4) is 5.75 Å². The molecule has 0 spiro atoms. The molecule has 9 heteroatoms. The summed E-state index contributed by atoms with van der Waals surface area (Å²) >= 11 is 0. The van der Waals surface area contributed by atoms with Crippen LogP contribution in [0.5, 0.6) is 5.75 Å². The van der Waals surface area contributed by atoms with E-state index in [0.717, 1.165) is 52.0 Å². The minimum atomic E-state index is -1.26. The zero-order chi connectivity index (χ0) is 21.1. The first-order valence-electron chi connectivity index (χ1n) is 10.8. The fourth-order valence-corrected chi connectivity index (χ4v) is 4.90. The van der Waals surface area contributed by atoms with Gasteiger partial charge in [0.15, 0.2) is 0 Å². The average Bonchev–Trinajstić information content (AvgIpc) is 2.75. The van der Waals surface area contributed by atoms with Crippen LogP contribution in [0.15, 0.2) is 18.2 Å². The van der Waals surface area contributed by atoms with E-state index < -0.39 is 19.0 Å². The number of amides is 1. The van der Waals surface area contributed by atoms with Gasteiger partial charge in [0.1, 0.15) is 5.75 Å². The summed E-state index contributed by atoms with van der Waals surface area (Å²) in [5.41, 5.74) is 0.699. The number of carboxylic acid groups (broad SMARTS) is 1. The highest BCUT2D eigenvalue weighted by molar-refractivity contribution is 6.47. The Kier molecular flexibility index (Phi) is 6.60. The number of hydrogen-bond donors (Lipinski definition) is 3. The maximum absolute atomic E-state index is 12.6. The van der Waals surface area contributed by atoms with E-state index in [1.54, 1.807) is 12.1 Å². The Bertz CT molecular complexity index is 777. The monoisotopic (exact) mass is 416 g/mol. The minimum Gasteiger partial charge on any atom is -0.534 e. The lowest BCUT2D eigenvalue weighted by atomic mass is 9.72. The van der Waals surface area contributed by atoms with Crippen molar-refractivity contribution in [1.82, 2.24) is 10.2 Å². The van der Waals surface area contributed by atoms with Crippen molar-refractivity contribution in [2.75, 3.05) is 26.3 Å². The van der Waals surface area contributed by atoms with Crippen LogP contribution in [0.25, 0.3) is 0 Å². The zero-order valence-electron chi connectivity index (χ0n) is 17.1. The number of rotatable bonds is 5. The molecule has 1 atom stereocenters. The molecule has 2 heterocycles. The third-order valence-corrected chi connectivity index (χ3v) is 6.55. The van der Waals surface area contributed by atoms with E-state index in [1.165, 1.54) is 6.07 Å². The molecule has 3 N–H and O–H groups in total. The Balaban J connectivity index is 1.27. The minimum absolute atomic E-state index is 0.0216. The molecule has 4 rings (SSSR count). The van der Waals surface area contributed by atoms with Crippen LogP contribution in [0, 0.1) is 5.92 Å². The summed E-state index contributed by atoms with van der Waals surface area (Å²) < 4.78 is 10.9. The number of nitrogens with zero attached hydrogens (tertiary/aromatic N) is 1. The van der Waals surface area contributed by atoms with Crippen molar-refractivity contribution in [2.24, 2.45) is 5.92 Å². The summed E-state index contributed by atoms with van der Waals surface area (Å²) in [5.74, 6) is -1.23. The first-order valence-corrected chi connectivity index (χ1v) is 10.8. The molecule has 1 aliphatic carbocycles. The normalized spacial score (nSPS) is 27.1. The molecule has 1 saturated heterocycles. The lowest BCUT2D eigenvalue weighted by Crippen LogP contribution is -2.53. The second-order valence-corrected chi connectivity index (χ2v) is 8.51. The Labute approximate surface area is 176 Å². The largest absolute Gasteiger partial charge is 0.547 e. The fraction of sp³-hybridized carbons (Fsp3) is 0.619. The van der Waals surface area contributed by atoms with Crippen molar-refractivity contribution in [3.05, 3.63) is 29.3 Å². The van der Waals surface area contributed by atoms with Crippen molar-refractivity contribution < 1.29 is 29.1 Å². The molecule has 1 amide bonds. The van der Waals surface area contributed by atoms with Crippen LogP contribution >= 0.6 is 0 Å². The number of nitrogens with one attached hydrogen (secondary N) is 1. The summed E-state index contributed by atoms with van der Waals surface area (Å²) in [6.45, 7) is 3.62. The first kappa shape index (κ1) is 21.1. The van der Waals surface area contributed by atoms with E-state index in [1.807, 2.05) is 0 Å². The van der Waals surface area contributed by atoms with Gasteiger partial charge in [0, 0.05) is 25.6 Å². The van der Waals surface area contributed by atoms with E-state index >= 15 is 0 Å². The third kappa shape index (κ3) is 4.79. The van der Waals surface area contributed by atoms with Crippen molar-refractivity contribution in [3.63, 3.8) is 0 Å². The van der Waals surface area contributed by atoms with E-state index in [2.05, 4.69) is 10.2 Å². The number of aromatic carboxylic acids is 1. The number of morpholine rings is 1. The number of hydrogen-bond acceptors (Lipinski definition) is 6. The summed E-state index contributed by atoms with van der Waals surface area (Å²) in [5, 5.41) is 22.5. The van der Waals surface area contributed by atoms with Crippen LogP contribution in [0.2, 0.25) is 0 Å². The highest BCUT2D eigenvalue weighted by Crippen LogP contribution is 2.32. The second kappa shape index (κ2) is 9.37. The molecule has 2 aliphatic heterocycles. The van der Waals surface area contributed by atoms with Crippen LogP contribution in [0.3, 0.4) is 0 Å². The summed E-state index contributed by atoms with van der Waals surface area (Å²) in [7, 11) is -1.26. The van der Waals surface area contributed by atoms with Crippen molar-refractivity contribution in [2.45, 2.75) is 50.5 Å². The topological polar surface area (TPSA) is 108 Å². The molecule has 162 valence electrons. The molecule has 30 heavy (non-hydrogen) atoms. The zero-order valence-corrected chi connectivity index (χ0v) is 17.1. The Morgan fingerprint density at radius 1 is 1.17 bits per heavy atom. The van der Waals surface area contributed by atoms with Crippen molar-refractivity contribution in [1.29, 1.82) is 0 Å². The summed E-state index contributed by atoms with van der Waals surface area (Å²) in [4.78, 5) is 26.5. The lowest BCUT2D eigenvalue weighted by Gasteiger charge is -2.38. The number of benzene rings is 1. The number of para-hydroxylation sites is 1. The number of carbonyl (C=O) groups is 2. The van der Waals surface area contributed by atoms with Crippen molar-refractivity contribution >= 4 is 19.0 Å². The van der Waals surface area contributed by atoms with Crippen LogP contribution in [-0.2, 0) is 16.0 Å². The quantitative estimate of drug-likeness (QED) is 0.617. The first-order chi connectivity index (χ1) is 14.5. The molecule has 0 bridgehead atoms. The highest BCUT2D eigenvalue weighted by atomic mass is 16.5. The van der Waals surface area contributed by atoms with Gasteiger partial charge in [-0.25, -0.2) is 4.79 Å². The van der Waals surface area contributed by atoms with Crippen LogP contribution in [-0.4, -0.2) is 72.3 Å². The van der Waals surface area contributed by atoms with Gasteiger partial charge in [0.2, 0.25) is 5.91 Å².